The van der Waals surface area contributed by atoms with E-state index in [4.69, 9.17) is 0 Å². The fourth-order valence-corrected chi connectivity index (χ4v) is 2.81. The number of nitro benzene ring substituents is 1. The summed E-state index contributed by atoms with van der Waals surface area (Å²) in [5.74, 6) is 0.357. The van der Waals surface area contributed by atoms with Gasteiger partial charge in [-0.05, 0) is 26.0 Å². The maximum absolute atomic E-state index is 12.1. The van der Waals surface area contributed by atoms with E-state index in [9.17, 15) is 14.9 Å². The zero-order chi connectivity index (χ0) is 16.1. The van der Waals surface area contributed by atoms with Crippen molar-refractivity contribution in [2.75, 3.05) is 18.4 Å². The van der Waals surface area contributed by atoms with Crippen LogP contribution in [0.3, 0.4) is 0 Å². The summed E-state index contributed by atoms with van der Waals surface area (Å²) < 4.78 is 0. The van der Waals surface area contributed by atoms with Crippen molar-refractivity contribution in [1.29, 1.82) is 0 Å². The lowest BCUT2D eigenvalue weighted by atomic mass is 10.2. The molecule has 0 bridgehead atoms. The van der Waals surface area contributed by atoms with Gasteiger partial charge in [0.1, 0.15) is 9.88 Å². The molecule has 0 saturated heterocycles. The van der Waals surface area contributed by atoms with E-state index in [1.807, 2.05) is 13.8 Å². The van der Waals surface area contributed by atoms with E-state index in [0.717, 1.165) is 5.56 Å². The van der Waals surface area contributed by atoms with Crippen LogP contribution in [0.1, 0.15) is 23.5 Å². The molecular weight excluding hydrogens is 304 g/mol. The van der Waals surface area contributed by atoms with Crippen molar-refractivity contribution in [3.63, 3.8) is 0 Å². The van der Waals surface area contributed by atoms with Gasteiger partial charge in [-0.1, -0.05) is 0 Å². The van der Waals surface area contributed by atoms with Gasteiger partial charge in [0, 0.05) is 30.8 Å². The molecule has 0 unspecified atom stereocenters. The van der Waals surface area contributed by atoms with Crippen molar-refractivity contribution in [3.8, 4) is 10.6 Å². The average molecular weight is 320 g/mol. The summed E-state index contributed by atoms with van der Waals surface area (Å²) in [6.07, 6.45) is 0. The van der Waals surface area contributed by atoms with Crippen molar-refractivity contribution < 1.29 is 9.72 Å². The fourth-order valence-electron chi connectivity index (χ4n) is 1.85. The van der Waals surface area contributed by atoms with Crippen LogP contribution in [0.5, 0.6) is 0 Å². The molecule has 0 aliphatic carbocycles. The van der Waals surface area contributed by atoms with Gasteiger partial charge >= 0.3 is 0 Å². The number of rotatable bonds is 6. The molecule has 1 aromatic heterocycles. The zero-order valence-electron chi connectivity index (χ0n) is 12.3. The molecule has 2 N–H and O–H groups in total. The summed E-state index contributed by atoms with van der Waals surface area (Å²) in [6, 6.07) is 6.12. The highest BCUT2D eigenvalue weighted by atomic mass is 32.1. The first-order valence-corrected chi connectivity index (χ1v) is 7.66. The predicted molar refractivity (Wildman–Crippen MR) is 86.4 cm³/mol. The lowest BCUT2D eigenvalue weighted by Crippen LogP contribution is -2.22. The second-order valence-electron chi connectivity index (χ2n) is 4.39. The minimum absolute atomic E-state index is 0.0242. The Bertz CT molecular complexity index is 682. The summed E-state index contributed by atoms with van der Waals surface area (Å²) in [5.41, 5.74) is 0.765. The largest absolute Gasteiger partial charge is 0.369 e. The van der Waals surface area contributed by atoms with Crippen LogP contribution in [0.15, 0.2) is 24.3 Å². The number of aromatic nitrogens is 1. The second kappa shape index (κ2) is 6.99. The van der Waals surface area contributed by atoms with Gasteiger partial charge in [0.15, 0.2) is 5.82 Å². The number of nitrogens with one attached hydrogen (secondary N) is 2. The van der Waals surface area contributed by atoms with Crippen LogP contribution in [0.25, 0.3) is 10.6 Å². The maximum Gasteiger partial charge on any atom is 0.269 e. The fraction of sp³-hybridized carbons (Fsp3) is 0.286. The van der Waals surface area contributed by atoms with Gasteiger partial charge in [-0.15, -0.1) is 11.3 Å². The lowest BCUT2D eigenvalue weighted by Gasteiger charge is -2.02. The molecule has 22 heavy (non-hydrogen) atoms. The number of carbonyl (C=O) groups excluding carboxylic acids is 1. The lowest BCUT2D eigenvalue weighted by molar-refractivity contribution is -0.384. The summed E-state index contributed by atoms with van der Waals surface area (Å²) in [6.45, 7) is 4.96. The Morgan fingerprint density at radius 3 is 2.50 bits per heavy atom. The van der Waals surface area contributed by atoms with E-state index in [1.165, 1.54) is 23.5 Å². The molecular formula is C14H16N4O3S. The van der Waals surface area contributed by atoms with Gasteiger partial charge in [0.2, 0.25) is 0 Å². The Morgan fingerprint density at radius 2 is 1.95 bits per heavy atom. The molecule has 0 aliphatic rings. The maximum atomic E-state index is 12.1. The summed E-state index contributed by atoms with van der Waals surface area (Å²) >= 11 is 1.26. The van der Waals surface area contributed by atoms with Crippen LogP contribution < -0.4 is 10.6 Å². The van der Waals surface area contributed by atoms with E-state index in [1.54, 1.807) is 12.1 Å². The molecule has 0 spiro atoms. The number of benzene rings is 1. The number of hydrogen-bond acceptors (Lipinski definition) is 6. The third kappa shape index (κ3) is 3.40. The normalized spacial score (nSPS) is 10.3. The van der Waals surface area contributed by atoms with E-state index in [0.29, 0.717) is 28.8 Å². The minimum atomic E-state index is -0.449. The molecule has 116 valence electrons. The summed E-state index contributed by atoms with van der Waals surface area (Å²) in [4.78, 5) is 27.2. The predicted octanol–water partition coefficient (Wildman–Crippen LogP) is 2.90. The Morgan fingerprint density at radius 1 is 1.27 bits per heavy atom. The van der Waals surface area contributed by atoms with Crippen molar-refractivity contribution >= 4 is 28.7 Å². The van der Waals surface area contributed by atoms with Crippen LogP contribution in [-0.4, -0.2) is 28.9 Å². The van der Waals surface area contributed by atoms with E-state index in [-0.39, 0.29) is 11.6 Å². The Balaban J connectivity index is 2.36. The van der Waals surface area contributed by atoms with Crippen molar-refractivity contribution in [1.82, 2.24) is 10.3 Å². The standard InChI is InChI=1S/C14H16N4O3S/c1-3-15-12-11(13(19)16-4-2)22-14(17-12)9-5-7-10(8-6-9)18(20)21/h5-8,15H,3-4H2,1-2H3,(H,16,19). The van der Waals surface area contributed by atoms with E-state index >= 15 is 0 Å². The summed E-state index contributed by atoms with van der Waals surface area (Å²) in [5, 5.41) is 17.1. The topological polar surface area (TPSA) is 97.2 Å². The van der Waals surface area contributed by atoms with Crippen molar-refractivity contribution in [2.24, 2.45) is 0 Å². The quantitative estimate of drug-likeness (QED) is 0.630. The Labute approximate surface area is 131 Å². The number of nitro groups is 1. The number of carbonyl (C=O) groups is 1. The van der Waals surface area contributed by atoms with Crippen LogP contribution in [0, 0.1) is 10.1 Å². The van der Waals surface area contributed by atoms with E-state index in [2.05, 4.69) is 15.6 Å². The monoisotopic (exact) mass is 320 g/mol. The first-order valence-electron chi connectivity index (χ1n) is 6.84. The second-order valence-corrected chi connectivity index (χ2v) is 5.39. The highest BCUT2D eigenvalue weighted by molar-refractivity contribution is 7.17. The third-order valence-electron chi connectivity index (χ3n) is 2.84. The van der Waals surface area contributed by atoms with Gasteiger partial charge in [-0.25, -0.2) is 4.98 Å². The molecule has 7 nitrogen and oxygen atoms in total. The van der Waals surface area contributed by atoms with Crippen molar-refractivity contribution in [3.05, 3.63) is 39.3 Å². The molecule has 0 fully saturated rings. The SMILES string of the molecule is CCNC(=O)c1sc(-c2ccc([N+](=O)[O-])cc2)nc1NCC. The minimum Gasteiger partial charge on any atom is -0.369 e. The molecule has 8 heteroatoms. The molecule has 1 amide bonds. The first-order chi connectivity index (χ1) is 10.6. The number of thiazole rings is 1. The Kier molecular flexibility index (Phi) is 5.05. The van der Waals surface area contributed by atoms with Crippen LogP contribution in [-0.2, 0) is 0 Å². The molecule has 2 rings (SSSR count). The van der Waals surface area contributed by atoms with Crippen LogP contribution in [0.2, 0.25) is 0 Å². The molecule has 0 atom stereocenters. The molecule has 0 radical (unpaired) electrons. The number of amides is 1. The Hall–Kier alpha value is -2.48. The van der Waals surface area contributed by atoms with Gasteiger partial charge in [0.25, 0.3) is 11.6 Å². The first kappa shape index (κ1) is 15.9. The summed E-state index contributed by atoms with van der Waals surface area (Å²) in [7, 11) is 0. The highest BCUT2D eigenvalue weighted by Gasteiger charge is 2.18. The molecule has 2 aromatic rings. The van der Waals surface area contributed by atoms with Gasteiger partial charge in [-0.3, -0.25) is 14.9 Å². The average Bonchev–Trinajstić information content (AvgIpc) is 2.92. The van der Waals surface area contributed by atoms with Crippen LogP contribution in [0.4, 0.5) is 11.5 Å². The van der Waals surface area contributed by atoms with Crippen molar-refractivity contribution in [2.45, 2.75) is 13.8 Å². The molecule has 1 heterocycles. The molecule has 0 aliphatic heterocycles. The third-order valence-corrected chi connectivity index (χ3v) is 3.94. The number of nitrogens with zero attached hydrogens (tertiary/aromatic N) is 2. The van der Waals surface area contributed by atoms with Gasteiger partial charge < -0.3 is 10.6 Å². The number of anilines is 1. The van der Waals surface area contributed by atoms with E-state index < -0.39 is 4.92 Å². The smallest absolute Gasteiger partial charge is 0.269 e. The van der Waals surface area contributed by atoms with Crippen LogP contribution >= 0.6 is 11.3 Å². The van der Waals surface area contributed by atoms with Gasteiger partial charge in [0.05, 0.1) is 4.92 Å². The molecule has 0 saturated carbocycles. The molecule has 1 aromatic carbocycles. The number of hydrogen-bond donors (Lipinski definition) is 2. The number of non-ortho nitro benzene ring substituents is 1. The van der Waals surface area contributed by atoms with Gasteiger partial charge in [-0.2, -0.15) is 0 Å². The highest BCUT2D eigenvalue weighted by Crippen LogP contribution is 2.32. The zero-order valence-corrected chi connectivity index (χ0v) is 13.1.